The van der Waals surface area contributed by atoms with Gasteiger partial charge in [-0.05, 0) is 55.9 Å². The van der Waals surface area contributed by atoms with E-state index < -0.39 is 18.0 Å². The van der Waals surface area contributed by atoms with E-state index in [1.54, 1.807) is 12.3 Å². The third-order valence-corrected chi connectivity index (χ3v) is 6.38. The van der Waals surface area contributed by atoms with E-state index >= 15 is 0 Å². The Morgan fingerprint density at radius 1 is 1.16 bits per heavy atom. The second-order valence-electron chi connectivity index (χ2n) is 8.73. The maximum atomic E-state index is 14.2. The molecule has 0 aromatic carbocycles. The summed E-state index contributed by atoms with van der Waals surface area (Å²) >= 11 is 0. The molecule has 1 saturated carbocycles. The second kappa shape index (κ2) is 11.0. The number of hydroxylamine groups is 1. The highest BCUT2D eigenvalue weighted by Crippen LogP contribution is 2.26. The number of hydrogen-bond donors (Lipinski definition) is 2. The number of likely N-dealkylation sites (tertiary alicyclic amines) is 1. The number of rotatable bonds is 7. The molecule has 2 atom stereocenters. The first-order valence-corrected chi connectivity index (χ1v) is 11.6. The molecule has 3 fully saturated rings. The van der Waals surface area contributed by atoms with Crippen LogP contribution < -0.4 is 10.8 Å². The van der Waals surface area contributed by atoms with Crippen LogP contribution in [0, 0.1) is 0 Å². The van der Waals surface area contributed by atoms with E-state index in [1.807, 2.05) is 6.07 Å². The van der Waals surface area contributed by atoms with Crippen LogP contribution >= 0.6 is 0 Å². The van der Waals surface area contributed by atoms with E-state index in [4.69, 9.17) is 9.57 Å². The van der Waals surface area contributed by atoms with Crippen molar-refractivity contribution in [2.75, 3.05) is 25.0 Å². The van der Waals surface area contributed by atoms with Crippen molar-refractivity contribution in [3.05, 3.63) is 29.7 Å². The number of hydrogen-bond acceptors (Lipinski definition) is 6. The second-order valence-corrected chi connectivity index (χ2v) is 8.73. The van der Waals surface area contributed by atoms with Gasteiger partial charge < -0.3 is 10.1 Å². The summed E-state index contributed by atoms with van der Waals surface area (Å²) in [5.74, 6) is -1.09. The first-order valence-electron chi connectivity index (χ1n) is 11.6. The maximum Gasteiger partial charge on any atom is 0.303 e. The largest absolute Gasteiger partial charge is 0.366 e. The van der Waals surface area contributed by atoms with Crippen LogP contribution in [0.2, 0.25) is 0 Å². The molecule has 8 heteroatoms. The number of nitrogens with one attached hydrogen (secondary N) is 2. The zero-order valence-electron chi connectivity index (χ0n) is 18.0. The van der Waals surface area contributed by atoms with Crippen molar-refractivity contribution in [3.63, 3.8) is 0 Å². The summed E-state index contributed by atoms with van der Waals surface area (Å²) in [4.78, 5) is 24.0. The molecule has 1 aromatic heterocycles. The molecular weight excluding hydrogens is 399 g/mol. The first-order chi connectivity index (χ1) is 15.2. The van der Waals surface area contributed by atoms with Crippen LogP contribution in [0.5, 0.6) is 0 Å². The van der Waals surface area contributed by atoms with Crippen LogP contribution in [0.1, 0.15) is 63.4 Å². The molecule has 0 spiro atoms. The Balaban J connectivity index is 1.23. The molecule has 2 N–H and O–H groups in total. The molecule has 1 unspecified atom stereocenters. The van der Waals surface area contributed by atoms with Gasteiger partial charge in [0.05, 0.1) is 0 Å². The number of anilines is 1. The van der Waals surface area contributed by atoms with Crippen molar-refractivity contribution in [2.45, 2.75) is 76.2 Å². The highest BCUT2D eigenvalue weighted by Gasteiger charge is 2.29. The Hall–Kier alpha value is -2.03. The van der Waals surface area contributed by atoms with Crippen LogP contribution in [-0.2, 0) is 14.4 Å². The average Bonchev–Trinajstić information content (AvgIpc) is 3.28. The predicted molar refractivity (Wildman–Crippen MR) is 117 cm³/mol. The molecule has 170 valence electrons. The molecule has 1 aliphatic carbocycles. The van der Waals surface area contributed by atoms with Gasteiger partial charge in [-0.3, -0.25) is 9.69 Å². The van der Waals surface area contributed by atoms with Gasteiger partial charge in [0.25, 0.3) is 0 Å². The van der Waals surface area contributed by atoms with E-state index in [-0.39, 0.29) is 0 Å². The number of carbonyl (C=O) groups excluding carboxylic acids is 1. The molecule has 1 amide bonds. The lowest BCUT2D eigenvalue weighted by molar-refractivity contribution is -0.199. The quantitative estimate of drug-likeness (QED) is 0.504. The zero-order chi connectivity index (χ0) is 21.5. The number of pyridine rings is 1. The Labute approximate surface area is 183 Å². The minimum atomic E-state index is -0.933. The number of amides is 1. The van der Waals surface area contributed by atoms with E-state index in [2.05, 4.69) is 20.7 Å². The molecule has 1 aromatic rings. The van der Waals surface area contributed by atoms with Gasteiger partial charge in [-0.2, -0.15) is 0 Å². The number of carbonyl (C=O) groups is 1. The summed E-state index contributed by atoms with van der Waals surface area (Å²) in [7, 11) is 0. The van der Waals surface area contributed by atoms with Crippen molar-refractivity contribution in [1.29, 1.82) is 0 Å². The number of nitrogens with zero attached hydrogens (tertiary/aromatic N) is 2. The highest BCUT2D eigenvalue weighted by molar-refractivity contribution is 5.94. The van der Waals surface area contributed by atoms with Crippen LogP contribution in [0.4, 0.5) is 10.2 Å². The summed E-state index contributed by atoms with van der Waals surface area (Å²) in [6, 6.07) is 4.70. The average molecular weight is 433 g/mol. The van der Waals surface area contributed by atoms with Crippen molar-refractivity contribution in [2.24, 2.45) is 0 Å². The third kappa shape index (κ3) is 6.48. The Morgan fingerprint density at radius 3 is 2.74 bits per heavy atom. The number of ether oxygens (including phenoxy) is 1. The molecule has 4 rings (SSSR count). The number of aromatic nitrogens is 1. The van der Waals surface area contributed by atoms with Gasteiger partial charge in [0.1, 0.15) is 5.82 Å². The Morgan fingerprint density at radius 2 is 2.00 bits per heavy atom. The van der Waals surface area contributed by atoms with E-state index in [1.165, 1.54) is 32.1 Å². The molecule has 2 saturated heterocycles. The van der Waals surface area contributed by atoms with Crippen LogP contribution in [0.15, 0.2) is 24.2 Å². The van der Waals surface area contributed by atoms with Gasteiger partial charge in [-0.15, -0.1) is 0 Å². The van der Waals surface area contributed by atoms with Gasteiger partial charge >= 0.3 is 5.91 Å². The lowest BCUT2D eigenvalue weighted by atomic mass is 9.94. The summed E-state index contributed by atoms with van der Waals surface area (Å²) in [5.41, 5.74) is 2.63. The van der Waals surface area contributed by atoms with Gasteiger partial charge in [0.15, 0.2) is 12.1 Å². The van der Waals surface area contributed by atoms with Gasteiger partial charge in [-0.25, -0.2) is 19.7 Å². The standard InChI is InChI=1S/C23H33FN4O3/c24-20(23(29)27-31-22-8-4-5-13-30-22)14-17-9-10-21(25-15-17)26-18-11-12-28(16-18)19-6-2-1-3-7-19/h9-10,14-15,18-19,22H,1-8,11-13,16H2,(H,25,26)(H,27,29)/b20-14-/t18-,22?/m1/s1. The lowest BCUT2D eigenvalue weighted by Gasteiger charge is -2.31. The third-order valence-electron chi connectivity index (χ3n) is 6.38. The van der Waals surface area contributed by atoms with Crippen LogP contribution in [0.25, 0.3) is 6.08 Å². The van der Waals surface area contributed by atoms with Crippen molar-refractivity contribution >= 4 is 17.8 Å². The lowest BCUT2D eigenvalue weighted by Crippen LogP contribution is -2.36. The maximum absolute atomic E-state index is 14.2. The Bertz CT molecular complexity index is 746. The molecule has 7 nitrogen and oxygen atoms in total. The summed E-state index contributed by atoms with van der Waals surface area (Å²) in [5, 5.41) is 3.49. The zero-order valence-corrected chi connectivity index (χ0v) is 18.0. The summed E-state index contributed by atoms with van der Waals surface area (Å²) < 4.78 is 19.5. The smallest absolute Gasteiger partial charge is 0.303 e. The highest BCUT2D eigenvalue weighted by atomic mass is 19.1. The fourth-order valence-corrected chi connectivity index (χ4v) is 4.65. The van der Waals surface area contributed by atoms with Crippen molar-refractivity contribution < 1.29 is 18.8 Å². The van der Waals surface area contributed by atoms with E-state index in [0.29, 0.717) is 24.6 Å². The van der Waals surface area contributed by atoms with Crippen LogP contribution in [-0.4, -0.2) is 53.9 Å². The summed E-state index contributed by atoms with van der Waals surface area (Å²) in [6.45, 7) is 2.77. The topological polar surface area (TPSA) is 75.7 Å². The van der Waals surface area contributed by atoms with Gasteiger partial charge in [0, 0.05) is 44.4 Å². The fourth-order valence-electron chi connectivity index (χ4n) is 4.65. The Kier molecular flexibility index (Phi) is 7.88. The molecular formula is C23H33FN4O3. The van der Waals surface area contributed by atoms with Gasteiger partial charge in [0.2, 0.25) is 0 Å². The molecule has 0 bridgehead atoms. The number of halogens is 1. The minimum Gasteiger partial charge on any atom is -0.366 e. The predicted octanol–water partition coefficient (Wildman–Crippen LogP) is 3.79. The SMILES string of the molecule is O=C(NOC1CCCCO1)/C(F)=C/c1ccc(N[C@@H]2CCN(C3CCCCC3)C2)nc1. The molecule has 31 heavy (non-hydrogen) atoms. The molecule has 3 heterocycles. The fraction of sp³-hybridized carbons (Fsp3) is 0.652. The minimum absolute atomic E-state index is 0.387. The van der Waals surface area contributed by atoms with Crippen molar-refractivity contribution in [1.82, 2.24) is 15.4 Å². The molecule has 2 aliphatic heterocycles. The molecule has 0 radical (unpaired) electrons. The van der Waals surface area contributed by atoms with Crippen molar-refractivity contribution in [3.8, 4) is 0 Å². The van der Waals surface area contributed by atoms with E-state index in [0.717, 1.165) is 50.3 Å². The monoisotopic (exact) mass is 432 g/mol. The normalized spacial score (nSPS) is 26.0. The van der Waals surface area contributed by atoms with E-state index in [9.17, 15) is 9.18 Å². The molecule has 3 aliphatic rings. The summed E-state index contributed by atoms with van der Waals surface area (Å²) in [6.07, 6.45) is 12.7. The first kappa shape index (κ1) is 22.2. The van der Waals surface area contributed by atoms with Gasteiger partial charge in [-0.1, -0.05) is 19.3 Å². The van der Waals surface area contributed by atoms with Crippen LogP contribution in [0.3, 0.4) is 0 Å².